The van der Waals surface area contributed by atoms with Crippen LogP contribution >= 0.6 is 0 Å². The number of nitrogens with one attached hydrogen (secondary N) is 1. The van der Waals surface area contributed by atoms with E-state index in [0.717, 1.165) is 18.2 Å². The minimum absolute atomic E-state index is 0.902. The summed E-state index contributed by atoms with van der Waals surface area (Å²) in [5.74, 6) is 0.902. The van der Waals surface area contributed by atoms with E-state index in [1.54, 1.807) is 0 Å². The van der Waals surface area contributed by atoms with E-state index in [0.29, 0.717) is 0 Å². The standard InChI is InChI=1S/C11H16N2/c1-9-11(6-3-7-12-9)13-8-10-4-2-5-10/h3,6-7,10,13H,2,4-5,8H2,1H3. The maximum atomic E-state index is 4.24. The Hall–Kier alpha value is -1.05. The molecular weight excluding hydrogens is 160 g/mol. The van der Waals surface area contributed by atoms with E-state index in [4.69, 9.17) is 0 Å². The molecule has 1 saturated carbocycles. The van der Waals surface area contributed by atoms with E-state index < -0.39 is 0 Å². The molecule has 0 bridgehead atoms. The normalized spacial score (nSPS) is 16.7. The minimum Gasteiger partial charge on any atom is -0.383 e. The Morgan fingerprint density at radius 1 is 1.54 bits per heavy atom. The van der Waals surface area contributed by atoms with E-state index in [9.17, 15) is 0 Å². The van der Waals surface area contributed by atoms with E-state index >= 15 is 0 Å². The minimum atomic E-state index is 0.902. The van der Waals surface area contributed by atoms with Gasteiger partial charge in [-0.1, -0.05) is 6.42 Å². The molecule has 1 aliphatic carbocycles. The predicted octanol–water partition coefficient (Wildman–Crippen LogP) is 2.60. The first-order chi connectivity index (χ1) is 6.36. The molecule has 1 heterocycles. The summed E-state index contributed by atoms with van der Waals surface area (Å²) in [4.78, 5) is 4.24. The third-order valence-electron chi connectivity index (χ3n) is 2.81. The highest BCUT2D eigenvalue weighted by atomic mass is 14.9. The Balaban J connectivity index is 1.89. The summed E-state index contributed by atoms with van der Waals surface area (Å²) >= 11 is 0. The second-order valence-corrected chi connectivity index (χ2v) is 3.81. The van der Waals surface area contributed by atoms with Crippen LogP contribution in [0.25, 0.3) is 0 Å². The fourth-order valence-corrected chi connectivity index (χ4v) is 1.62. The van der Waals surface area contributed by atoms with Gasteiger partial charge in [-0.2, -0.15) is 0 Å². The fraction of sp³-hybridized carbons (Fsp3) is 0.545. The molecule has 0 saturated heterocycles. The van der Waals surface area contributed by atoms with E-state index in [1.807, 2.05) is 19.2 Å². The van der Waals surface area contributed by atoms with E-state index in [1.165, 1.54) is 24.9 Å². The second kappa shape index (κ2) is 3.77. The lowest BCUT2D eigenvalue weighted by Gasteiger charge is -2.26. The van der Waals surface area contributed by atoms with Crippen LogP contribution in [0.2, 0.25) is 0 Å². The smallest absolute Gasteiger partial charge is 0.0603 e. The van der Waals surface area contributed by atoms with Gasteiger partial charge in [0.25, 0.3) is 0 Å². The van der Waals surface area contributed by atoms with Crippen LogP contribution in [-0.4, -0.2) is 11.5 Å². The molecule has 2 rings (SSSR count). The van der Waals surface area contributed by atoms with Gasteiger partial charge in [-0.15, -0.1) is 0 Å². The highest BCUT2D eigenvalue weighted by Crippen LogP contribution is 2.26. The van der Waals surface area contributed by atoms with Gasteiger partial charge in [-0.3, -0.25) is 4.98 Å². The lowest BCUT2D eigenvalue weighted by atomic mass is 9.85. The van der Waals surface area contributed by atoms with Gasteiger partial charge in [0.2, 0.25) is 0 Å². The number of rotatable bonds is 3. The predicted molar refractivity (Wildman–Crippen MR) is 54.8 cm³/mol. The third-order valence-corrected chi connectivity index (χ3v) is 2.81. The van der Waals surface area contributed by atoms with E-state index in [-0.39, 0.29) is 0 Å². The van der Waals surface area contributed by atoms with Crippen molar-refractivity contribution in [3.05, 3.63) is 24.0 Å². The molecule has 0 unspecified atom stereocenters. The Labute approximate surface area is 79.4 Å². The zero-order valence-corrected chi connectivity index (χ0v) is 8.09. The van der Waals surface area contributed by atoms with Crippen molar-refractivity contribution in [1.29, 1.82) is 0 Å². The number of nitrogens with zero attached hydrogens (tertiary/aromatic N) is 1. The lowest BCUT2D eigenvalue weighted by molar-refractivity contribution is 0.333. The van der Waals surface area contributed by atoms with Crippen LogP contribution in [0.15, 0.2) is 18.3 Å². The van der Waals surface area contributed by atoms with Crippen molar-refractivity contribution < 1.29 is 0 Å². The average molecular weight is 176 g/mol. The summed E-state index contributed by atoms with van der Waals surface area (Å²) in [5, 5.41) is 3.45. The summed E-state index contributed by atoms with van der Waals surface area (Å²) in [6.45, 7) is 3.16. The highest BCUT2D eigenvalue weighted by molar-refractivity contribution is 5.46. The summed E-state index contributed by atoms with van der Waals surface area (Å²) in [5.41, 5.74) is 2.29. The van der Waals surface area contributed by atoms with Crippen LogP contribution in [0, 0.1) is 12.8 Å². The van der Waals surface area contributed by atoms with Crippen molar-refractivity contribution in [1.82, 2.24) is 4.98 Å². The fourth-order valence-electron chi connectivity index (χ4n) is 1.62. The summed E-state index contributed by atoms with van der Waals surface area (Å²) in [7, 11) is 0. The van der Waals surface area contributed by atoms with Crippen molar-refractivity contribution in [2.45, 2.75) is 26.2 Å². The Morgan fingerprint density at radius 2 is 2.38 bits per heavy atom. The Kier molecular flexibility index (Phi) is 2.48. The van der Waals surface area contributed by atoms with Gasteiger partial charge in [0, 0.05) is 12.7 Å². The quantitative estimate of drug-likeness (QED) is 0.765. The molecule has 1 aromatic rings. The number of aryl methyl sites for hydroxylation is 1. The number of aromatic nitrogens is 1. The molecule has 13 heavy (non-hydrogen) atoms. The van der Waals surface area contributed by atoms with Crippen molar-refractivity contribution >= 4 is 5.69 Å². The van der Waals surface area contributed by atoms with Crippen molar-refractivity contribution in [3.63, 3.8) is 0 Å². The Morgan fingerprint density at radius 3 is 3.00 bits per heavy atom. The summed E-state index contributed by atoms with van der Waals surface area (Å²) < 4.78 is 0. The maximum absolute atomic E-state index is 4.24. The van der Waals surface area contributed by atoms with Crippen LogP contribution in [0.5, 0.6) is 0 Å². The van der Waals surface area contributed by atoms with Crippen LogP contribution in [0.1, 0.15) is 25.0 Å². The van der Waals surface area contributed by atoms with Gasteiger partial charge >= 0.3 is 0 Å². The zero-order chi connectivity index (χ0) is 9.10. The summed E-state index contributed by atoms with van der Waals surface area (Å²) in [6.07, 6.45) is 6.04. The molecule has 2 heteroatoms. The average Bonchev–Trinajstić information content (AvgIpc) is 2.05. The van der Waals surface area contributed by atoms with Gasteiger partial charge in [-0.05, 0) is 37.8 Å². The molecule has 1 aromatic heterocycles. The topological polar surface area (TPSA) is 24.9 Å². The van der Waals surface area contributed by atoms with Gasteiger partial charge in [0.05, 0.1) is 11.4 Å². The third kappa shape index (κ3) is 2.00. The molecule has 0 aromatic carbocycles. The molecule has 0 spiro atoms. The van der Waals surface area contributed by atoms with Gasteiger partial charge in [-0.25, -0.2) is 0 Å². The molecule has 1 N–H and O–H groups in total. The molecule has 1 fully saturated rings. The molecule has 70 valence electrons. The monoisotopic (exact) mass is 176 g/mol. The molecule has 0 radical (unpaired) electrons. The SMILES string of the molecule is Cc1ncccc1NCC1CCC1. The molecule has 2 nitrogen and oxygen atoms in total. The van der Waals surface area contributed by atoms with Crippen LogP contribution in [-0.2, 0) is 0 Å². The van der Waals surface area contributed by atoms with Crippen molar-refractivity contribution in [3.8, 4) is 0 Å². The first-order valence-electron chi connectivity index (χ1n) is 5.02. The zero-order valence-electron chi connectivity index (χ0n) is 8.09. The van der Waals surface area contributed by atoms with Gasteiger partial charge in [0.1, 0.15) is 0 Å². The van der Waals surface area contributed by atoms with E-state index in [2.05, 4.69) is 16.4 Å². The van der Waals surface area contributed by atoms with Crippen LogP contribution in [0.4, 0.5) is 5.69 Å². The summed E-state index contributed by atoms with van der Waals surface area (Å²) in [6, 6.07) is 4.08. The molecule has 0 atom stereocenters. The molecule has 1 aliphatic rings. The lowest BCUT2D eigenvalue weighted by Crippen LogP contribution is -2.21. The Bertz CT molecular complexity index is 279. The first kappa shape index (κ1) is 8.54. The number of hydrogen-bond donors (Lipinski definition) is 1. The van der Waals surface area contributed by atoms with Gasteiger partial charge < -0.3 is 5.32 Å². The number of pyridine rings is 1. The number of hydrogen-bond acceptors (Lipinski definition) is 2. The molecule has 0 amide bonds. The van der Waals surface area contributed by atoms with Crippen LogP contribution in [0.3, 0.4) is 0 Å². The largest absolute Gasteiger partial charge is 0.383 e. The maximum Gasteiger partial charge on any atom is 0.0603 e. The first-order valence-corrected chi connectivity index (χ1v) is 5.02. The highest BCUT2D eigenvalue weighted by Gasteiger charge is 2.16. The van der Waals surface area contributed by atoms with Crippen molar-refractivity contribution in [2.75, 3.05) is 11.9 Å². The van der Waals surface area contributed by atoms with Crippen molar-refractivity contribution in [2.24, 2.45) is 5.92 Å². The van der Waals surface area contributed by atoms with Crippen LogP contribution < -0.4 is 5.32 Å². The van der Waals surface area contributed by atoms with Gasteiger partial charge in [0.15, 0.2) is 0 Å². The number of anilines is 1. The second-order valence-electron chi connectivity index (χ2n) is 3.81. The molecule has 0 aliphatic heterocycles. The molecular formula is C11H16N2.